The Morgan fingerprint density at radius 1 is 0.676 bits per heavy atom. The van der Waals surface area contributed by atoms with Crippen LogP contribution in [0.2, 0.25) is 0 Å². The van der Waals surface area contributed by atoms with Gasteiger partial charge >= 0.3 is 0 Å². The van der Waals surface area contributed by atoms with E-state index in [-0.39, 0.29) is 6.67 Å². The molecule has 0 aliphatic heterocycles. The van der Waals surface area contributed by atoms with E-state index in [0.29, 0.717) is 6.61 Å². The monoisotopic (exact) mass is 464 g/mol. The lowest BCUT2D eigenvalue weighted by atomic mass is 9.68. The maximum atomic E-state index is 12.5. The standard InChI is InChI=1S/C32H45FO/c1-2-34-24-28-13-21-32(22-14-28)31-19-11-27(12-20-31)6-5-26-9-17-30(18-10-26)29-15-7-25(8-16-29)4-3-23-33/h11-14,19-22,25-26,29-30H,2-10,15-18,23-24H2,1H3. The Kier molecular flexibility index (Phi) is 10.0. The molecule has 0 atom stereocenters. The smallest absolute Gasteiger partial charge is 0.0894 e. The van der Waals surface area contributed by atoms with Crippen LogP contribution >= 0.6 is 0 Å². The Morgan fingerprint density at radius 2 is 1.18 bits per heavy atom. The summed E-state index contributed by atoms with van der Waals surface area (Å²) in [4.78, 5) is 0. The summed E-state index contributed by atoms with van der Waals surface area (Å²) in [6, 6.07) is 18.0. The molecule has 0 unspecified atom stereocenters. The number of rotatable bonds is 11. The van der Waals surface area contributed by atoms with Gasteiger partial charge < -0.3 is 4.74 Å². The van der Waals surface area contributed by atoms with Crippen LogP contribution in [-0.4, -0.2) is 13.3 Å². The predicted octanol–water partition coefficient (Wildman–Crippen LogP) is 9.19. The highest BCUT2D eigenvalue weighted by atomic mass is 19.1. The average Bonchev–Trinajstić information content (AvgIpc) is 2.91. The Balaban J connectivity index is 1.17. The van der Waals surface area contributed by atoms with Gasteiger partial charge in [0.15, 0.2) is 0 Å². The second kappa shape index (κ2) is 13.4. The van der Waals surface area contributed by atoms with Crippen LogP contribution < -0.4 is 0 Å². The summed E-state index contributed by atoms with van der Waals surface area (Å²) < 4.78 is 18.0. The maximum Gasteiger partial charge on any atom is 0.0894 e. The third-order valence-electron chi connectivity index (χ3n) is 8.75. The van der Waals surface area contributed by atoms with Gasteiger partial charge in [-0.3, -0.25) is 4.39 Å². The van der Waals surface area contributed by atoms with Gasteiger partial charge in [-0.15, -0.1) is 0 Å². The third-order valence-corrected chi connectivity index (χ3v) is 8.75. The molecule has 2 aromatic carbocycles. The fourth-order valence-corrected chi connectivity index (χ4v) is 6.51. The summed E-state index contributed by atoms with van der Waals surface area (Å²) in [5.74, 6) is 3.66. The van der Waals surface area contributed by atoms with Crippen molar-refractivity contribution < 1.29 is 9.13 Å². The fraction of sp³-hybridized carbons (Fsp3) is 0.625. The fourth-order valence-electron chi connectivity index (χ4n) is 6.51. The molecule has 4 rings (SSSR count). The summed E-state index contributed by atoms with van der Waals surface area (Å²) in [5.41, 5.74) is 5.29. The first-order valence-electron chi connectivity index (χ1n) is 14.1. The van der Waals surface area contributed by atoms with Gasteiger partial charge in [0.2, 0.25) is 0 Å². The number of aryl methyl sites for hydroxylation is 1. The van der Waals surface area contributed by atoms with E-state index in [0.717, 1.165) is 43.1 Å². The summed E-state index contributed by atoms with van der Waals surface area (Å²) in [7, 11) is 0. The van der Waals surface area contributed by atoms with Crippen molar-refractivity contribution in [1.82, 2.24) is 0 Å². The molecule has 2 aromatic rings. The maximum absolute atomic E-state index is 12.5. The second-order valence-corrected chi connectivity index (χ2v) is 11.0. The number of hydrogen-bond donors (Lipinski definition) is 0. The molecule has 2 fully saturated rings. The van der Waals surface area contributed by atoms with Crippen molar-refractivity contribution in [3.63, 3.8) is 0 Å². The molecule has 0 saturated heterocycles. The van der Waals surface area contributed by atoms with Crippen molar-refractivity contribution in [2.24, 2.45) is 23.7 Å². The largest absolute Gasteiger partial charge is 0.377 e. The molecular formula is C32H45FO. The number of halogens is 1. The molecule has 0 N–H and O–H groups in total. The lowest BCUT2D eigenvalue weighted by molar-refractivity contribution is 0.134. The summed E-state index contributed by atoms with van der Waals surface area (Å²) in [5, 5.41) is 0. The lowest BCUT2D eigenvalue weighted by Crippen LogP contribution is -2.26. The van der Waals surface area contributed by atoms with Gasteiger partial charge in [-0.1, -0.05) is 74.2 Å². The van der Waals surface area contributed by atoms with Gasteiger partial charge in [0.05, 0.1) is 13.3 Å². The summed E-state index contributed by atoms with van der Waals surface area (Å²) >= 11 is 0. The van der Waals surface area contributed by atoms with E-state index in [1.807, 2.05) is 6.92 Å². The second-order valence-electron chi connectivity index (χ2n) is 11.0. The minimum atomic E-state index is -0.128. The molecule has 0 spiro atoms. The van der Waals surface area contributed by atoms with Gasteiger partial charge in [0, 0.05) is 6.61 Å². The Bertz CT molecular complexity index is 811. The van der Waals surface area contributed by atoms with Crippen LogP contribution in [0.25, 0.3) is 11.1 Å². The van der Waals surface area contributed by atoms with Crippen LogP contribution in [0, 0.1) is 23.7 Å². The first-order chi connectivity index (χ1) is 16.7. The Morgan fingerprint density at radius 3 is 1.68 bits per heavy atom. The van der Waals surface area contributed by atoms with Crippen LogP contribution in [0.15, 0.2) is 48.5 Å². The van der Waals surface area contributed by atoms with Crippen LogP contribution in [0.5, 0.6) is 0 Å². The van der Waals surface area contributed by atoms with Crippen molar-refractivity contribution in [3.05, 3.63) is 59.7 Å². The van der Waals surface area contributed by atoms with Crippen LogP contribution in [0.3, 0.4) is 0 Å². The van der Waals surface area contributed by atoms with E-state index in [1.165, 1.54) is 86.5 Å². The van der Waals surface area contributed by atoms with Gasteiger partial charge in [-0.25, -0.2) is 0 Å². The summed E-state index contributed by atoms with van der Waals surface area (Å²) in [6.07, 6.45) is 15.8. The van der Waals surface area contributed by atoms with E-state index < -0.39 is 0 Å². The highest BCUT2D eigenvalue weighted by Gasteiger charge is 2.30. The summed E-state index contributed by atoms with van der Waals surface area (Å²) in [6.45, 7) is 3.36. The molecule has 0 bridgehead atoms. The van der Waals surface area contributed by atoms with Gasteiger partial charge in [0.1, 0.15) is 0 Å². The third kappa shape index (κ3) is 7.41. The van der Waals surface area contributed by atoms with E-state index in [4.69, 9.17) is 4.74 Å². The van der Waals surface area contributed by atoms with Crippen molar-refractivity contribution in [3.8, 4) is 11.1 Å². The molecule has 1 nitrogen and oxygen atoms in total. The zero-order valence-corrected chi connectivity index (χ0v) is 21.3. The van der Waals surface area contributed by atoms with E-state index >= 15 is 0 Å². The van der Waals surface area contributed by atoms with Crippen molar-refractivity contribution in [2.75, 3.05) is 13.3 Å². The van der Waals surface area contributed by atoms with Gasteiger partial charge in [0.25, 0.3) is 0 Å². The predicted molar refractivity (Wildman–Crippen MR) is 142 cm³/mol. The molecule has 186 valence electrons. The van der Waals surface area contributed by atoms with E-state index in [9.17, 15) is 4.39 Å². The van der Waals surface area contributed by atoms with E-state index in [2.05, 4.69) is 48.5 Å². The zero-order valence-electron chi connectivity index (χ0n) is 21.3. The first kappa shape index (κ1) is 25.4. The molecule has 0 aromatic heterocycles. The van der Waals surface area contributed by atoms with Gasteiger partial charge in [-0.05, 0) is 104 Å². The molecule has 0 amide bonds. The molecule has 2 saturated carbocycles. The molecule has 2 heteroatoms. The highest BCUT2D eigenvalue weighted by molar-refractivity contribution is 5.63. The molecule has 0 radical (unpaired) electrons. The molecular weight excluding hydrogens is 419 g/mol. The zero-order chi connectivity index (χ0) is 23.6. The van der Waals surface area contributed by atoms with Crippen molar-refractivity contribution in [1.29, 1.82) is 0 Å². The van der Waals surface area contributed by atoms with Crippen molar-refractivity contribution >= 4 is 0 Å². The van der Waals surface area contributed by atoms with Crippen LogP contribution in [-0.2, 0) is 17.8 Å². The molecule has 0 heterocycles. The highest BCUT2D eigenvalue weighted by Crippen LogP contribution is 2.43. The Hall–Kier alpha value is -1.67. The number of benzene rings is 2. The number of hydrogen-bond acceptors (Lipinski definition) is 1. The SMILES string of the molecule is CCOCc1ccc(-c2ccc(CCC3CCC(C4CCC(CCCF)CC4)CC3)cc2)cc1. The van der Waals surface area contributed by atoms with Crippen molar-refractivity contribution in [2.45, 2.75) is 90.6 Å². The normalized spacial score (nSPS) is 25.4. The molecule has 34 heavy (non-hydrogen) atoms. The van der Waals surface area contributed by atoms with E-state index in [1.54, 1.807) is 0 Å². The minimum Gasteiger partial charge on any atom is -0.377 e. The minimum absolute atomic E-state index is 0.128. The number of ether oxygens (including phenoxy) is 1. The lowest BCUT2D eigenvalue weighted by Gasteiger charge is -2.38. The number of alkyl halides is 1. The topological polar surface area (TPSA) is 9.23 Å². The Labute approximate surface area is 207 Å². The quantitative estimate of drug-likeness (QED) is 0.322. The average molecular weight is 465 g/mol. The van der Waals surface area contributed by atoms with Gasteiger partial charge in [-0.2, -0.15) is 0 Å². The molecule has 2 aliphatic carbocycles. The van der Waals surface area contributed by atoms with Crippen LogP contribution in [0.1, 0.15) is 88.7 Å². The van der Waals surface area contributed by atoms with Crippen LogP contribution in [0.4, 0.5) is 4.39 Å². The molecule has 2 aliphatic rings. The first-order valence-corrected chi connectivity index (χ1v) is 14.1.